The fourth-order valence-corrected chi connectivity index (χ4v) is 3.43. The number of rotatable bonds is 9. The topological polar surface area (TPSA) is 136 Å². The molecule has 0 saturated heterocycles. The highest BCUT2D eigenvalue weighted by Gasteiger charge is 2.19. The third kappa shape index (κ3) is 5.38. The lowest BCUT2D eigenvalue weighted by atomic mass is 9.98. The zero-order valence-electron chi connectivity index (χ0n) is 18.6. The number of esters is 1. The molecule has 0 aliphatic carbocycles. The van der Waals surface area contributed by atoms with Gasteiger partial charge < -0.3 is 33.9 Å². The van der Waals surface area contributed by atoms with Crippen LogP contribution in [0.1, 0.15) is 25.8 Å². The second-order valence-corrected chi connectivity index (χ2v) is 7.45. The molecular weight excluding hydrogens is 432 g/mol. The molecule has 2 aromatic carbocycles. The minimum atomic E-state index is -1.08. The van der Waals surface area contributed by atoms with Crippen molar-refractivity contribution in [3.63, 3.8) is 0 Å². The lowest BCUT2D eigenvalue weighted by Gasteiger charge is -2.15. The van der Waals surface area contributed by atoms with Crippen molar-refractivity contribution in [1.82, 2.24) is 0 Å². The van der Waals surface area contributed by atoms with E-state index in [9.17, 15) is 24.9 Å². The normalized spacial score (nSPS) is 11.9. The van der Waals surface area contributed by atoms with Crippen LogP contribution in [0.3, 0.4) is 0 Å². The molecule has 0 amide bonds. The van der Waals surface area contributed by atoms with Gasteiger partial charge in [-0.2, -0.15) is 0 Å². The van der Waals surface area contributed by atoms with Gasteiger partial charge in [-0.15, -0.1) is 0 Å². The number of phenols is 2. The number of carbonyl (C=O) groups excluding carboxylic acids is 1. The Labute approximate surface area is 189 Å². The Morgan fingerprint density at radius 1 is 1.15 bits per heavy atom. The van der Waals surface area contributed by atoms with E-state index >= 15 is 0 Å². The largest absolute Gasteiger partial charge is 0.507 e. The molecule has 0 saturated carbocycles. The maximum Gasteiger partial charge on any atom is 0.302 e. The zero-order chi connectivity index (χ0) is 24.1. The van der Waals surface area contributed by atoms with Gasteiger partial charge in [0.15, 0.2) is 16.9 Å². The van der Waals surface area contributed by atoms with Crippen LogP contribution in [0, 0.1) is 0 Å². The summed E-state index contributed by atoms with van der Waals surface area (Å²) < 4.78 is 21.3. The first-order valence-electron chi connectivity index (χ1n) is 10.4. The Balaban J connectivity index is 2.00. The second kappa shape index (κ2) is 10.3. The van der Waals surface area contributed by atoms with Crippen LogP contribution in [-0.4, -0.2) is 47.7 Å². The summed E-state index contributed by atoms with van der Waals surface area (Å²) in [5, 5.41) is 30.8. The number of aliphatic hydroxyl groups is 1. The monoisotopic (exact) mass is 458 g/mol. The quantitative estimate of drug-likeness (QED) is 0.413. The third-order valence-electron chi connectivity index (χ3n) is 4.94. The molecule has 9 nitrogen and oxygen atoms in total. The summed E-state index contributed by atoms with van der Waals surface area (Å²) in [4.78, 5) is 23.6. The number of carbonyl (C=O) groups is 1. The fraction of sp³-hybridized carbons (Fsp3) is 0.333. The number of methoxy groups -OCH3 is 1. The highest BCUT2D eigenvalue weighted by molar-refractivity contribution is 5.86. The fourth-order valence-electron chi connectivity index (χ4n) is 3.43. The van der Waals surface area contributed by atoms with Crippen LogP contribution in [0.25, 0.3) is 22.3 Å². The Morgan fingerprint density at radius 2 is 1.91 bits per heavy atom. The zero-order valence-corrected chi connectivity index (χ0v) is 18.6. The highest BCUT2D eigenvalue weighted by atomic mass is 16.5. The summed E-state index contributed by atoms with van der Waals surface area (Å²) in [6.45, 7) is 2.73. The number of ether oxygens (including phenoxy) is 3. The van der Waals surface area contributed by atoms with Crippen molar-refractivity contribution in [1.29, 1.82) is 0 Å². The molecular formula is C24H26O9. The molecule has 3 aromatic rings. The SMILES string of the molecule is CCCc1c(-c2cc(=O)c3c(O)cc(OC[C@@H](O)COC(C)=O)cc3o2)ccc(OC)c1O. The number of phenolic OH excluding ortho intramolecular Hbond substituents is 2. The van der Waals surface area contributed by atoms with Crippen molar-refractivity contribution >= 4 is 16.9 Å². The van der Waals surface area contributed by atoms with Gasteiger partial charge in [0.2, 0.25) is 0 Å². The molecule has 3 N–H and O–H groups in total. The summed E-state index contributed by atoms with van der Waals surface area (Å²) in [6, 6.07) is 7.18. The first-order valence-corrected chi connectivity index (χ1v) is 10.4. The van der Waals surface area contributed by atoms with Crippen LogP contribution in [0.5, 0.6) is 23.0 Å². The molecule has 9 heteroatoms. The third-order valence-corrected chi connectivity index (χ3v) is 4.94. The van der Waals surface area contributed by atoms with Crippen molar-refractivity contribution in [2.45, 2.75) is 32.8 Å². The second-order valence-electron chi connectivity index (χ2n) is 7.45. The molecule has 3 rings (SSSR count). The first kappa shape index (κ1) is 23.9. The number of hydrogen-bond acceptors (Lipinski definition) is 9. The molecule has 0 spiro atoms. The summed E-state index contributed by atoms with van der Waals surface area (Å²) in [7, 11) is 1.45. The van der Waals surface area contributed by atoms with Crippen LogP contribution in [0.15, 0.2) is 39.5 Å². The first-order chi connectivity index (χ1) is 15.7. The molecule has 176 valence electrons. The van der Waals surface area contributed by atoms with Crippen LogP contribution in [0.2, 0.25) is 0 Å². The van der Waals surface area contributed by atoms with Gasteiger partial charge in [0.1, 0.15) is 47.5 Å². The van der Waals surface area contributed by atoms with Gasteiger partial charge >= 0.3 is 5.97 Å². The van der Waals surface area contributed by atoms with Crippen molar-refractivity contribution in [3.05, 3.63) is 46.1 Å². The molecule has 0 radical (unpaired) electrons. The van der Waals surface area contributed by atoms with Crippen LogP contribution in [0.4, 0.5) is 0 Å². The van der Waals surface area contributed by atoms with Crippen molar-refractivity contribution < 1.29 is 38.7 Å². The van der Waals surface area contributed by atoms with E-state index < -0.39 is 17.5 Å². The van der Waals surface area contributed by atoms with Gasteiger partial charge in [0, 0.05) is 36.2 Å². The van der Waals surface area contributed by atoms with Gasteiger partial charge in [-0.05, 0) is 18.6 Å². The molecule has 0 fully saturated rings. The average Bonchev–Trinajstić information content (AvgIpc) is 2.77. The minimum absolute atomic E-state index is 0.0265. The molecule has 33 heavy (non-hydrogen) atoms. The van der Waals surface area contributed by atoms with Crippen LogP contribution >= 0.6 is 0 Å². The van der Waals surface area contributed by atoms with E-state index in [0.29, 0.717) is 23.3 Å². The number of aromatic hydroxyl groups is 2. The van der Waals surface area contributed by atoms with Crippen molar-refractivity contribution in [2.75, 3.05) is 20.3 Å². The standard InChI is InChI=1S/C24H26O9/c1-4-5-17-16(6-7-20(30-3)24(17)29)21-10-19(28)23-18(27)8-15(9-22(23)33-21)32-12-14(26)11-31-13(2)25/h6-10,14,26-27,29H,4-5,11-12H2,1-3H3/t14-/m0/s1. The van der Waals surface area contributed by atoms with Gasteiger partial charge in [0.05, 0.1) is 7.11 Å². The van der Waals surface area contributed by atoms with E-state index in [4.69, 9.17) is 18.6 Å². The molecule has 1 atom stereocenters. The summed E-state index contributed by atoms with van der Waals surface area (Å²) in [5.41, 5.74) is 0.698. The van der Waals surface area contributed by atoms with E-state index in [1.807, 2.05) is 6.92 Å². The number of fused-ring (bicyclic) bond motifs is 1. The maximum atomic E-state index is 12.8. The molecule has 0 bridgehead atoms. The van der Waals surface area contributed by atoms with Gasteiger partial charge in [-0.3, -0.25) is 9.59 Å². The lowest BCUT2D eigenvalue weighted by molar-refractivity contribution is -0.144. The Hall–Kier alpha value is -3.72. The molecule has 0 aliphatic rings. The highest BCUT2D eigenvalue weighted by Crippen LogP contribution is 2.39. The van der Waals surface area contributed by atoms with Crippen LogP contribution in [-0.2, 0) is 16.0 Å². The summed E-state index contributed by atoms with van der Waals surface area (Å²) >= 11 is 0. The lowest BCUT2D eigenvalue weighted by Crippen LogP contribution is -2.24. The Kier molecular flexibility index (Phi) is 7.44. The molecule has 0 aliphatic heterocycles. The van der Waals surface area contributed by atoms with E-state index in [1.165, 1.54) is 32.2 Å². The minimum Gasteiger partial charge on any atom is -0.507 e. The maximum absolute atomic E-state index is 12.8. The Bertz CT molecular complexity index is 1210. The van der Waals surface area contributed by atoms with Crippen molar-refractivity contribution in [2.24, 2.45) is 0 Å². The molecule has 1 heterocycles. The van der Waals surface area contributed by atoms with Gasteiger partial charge in [-0.25, -0.2) is 0 Å². The predicted molar refractivity (Wildman–Crippen MR) is 120 cm³/mol. The predicted octanol–water partition coefficient (Wildman–Crippen LogP) is 3.14. The van der Waals surface area contributed by atoms with E-state index in [2.05, 4.69) is 0 Å². The summed E-state index contributed by atoms with van der Waals surface area (Å²) in [5.74, 6) is -0.233. The number of benzene rings is 2. The Morgan fingerprint density at radius 3 is 2.58 bits per heavy atom. The van der Waals surface area contributed by atoms with Gasteiger partial charge in [0.25, 0.3) is 0 Å². The smallest absolute Gasteiger partial charge is 0.302 e. The average molecular weight is 458 g/mol. The number of hydrogen-bond donors (Lipinski definition) is 3. The van der Waals surface area contributed by atoms with Crippen LogP contribution < -0.4 is 14.9 Å². The van der Waals surface area contributed by atoms with Crippen molar-refractivity contribution in [3.8, 4) is 34.3 Å². The summed E-state index contributed by atoms with van der Waals surface area (Å²) in [6.07, 6.45) is 0.179. The van der Waals surface area contributed by atoms with E-state index in [0.717, 1.165) is 6.42 Å². The van der Waals surface area contributed by atoms with E-state index in [-0.39, 0.29) is 47.2 Å². The molecule has 1 aromatic heterocycles. The van der Waals surface area contributed by atoms with Gasteiger partial charge in [-0.1, -0.05) is 13.3 Å². The number of aliphatic hydroxyl groups excluding tert-OH is 1. The molecule has 0 unspecified atom stereocenters. The van der Waals surface area contributed by atoms with E-state index in [1.54, 1.807) is 12.1 Å².